The first-order valence-corrected chi connectivity index (χ1v) is 12.7. The lowest BCUT2D eigenvalue weighted by molar-refractivity contribution is -0.144. The molecule has 174 valence electrons. The first kappa shape index (κ1) is 24.6. The van der Waals surface area contributed by atoms with Crippen LogP contribution in [0.15, 0.2) is 118 Å². The zero-order valence-corrected chi connectivity index (χ0v) is 19.3. The average Bonchev–Trinajstić information content (AvgIpc) is 2.82. The number of hydrogen-bond donors (Lipinski definition) is 0. The van der Waals surface area contributed by atoms with E-state index in [9.17, 15) is 22.0 Å². The van der Waals surface area contributed by atoms with Crippen LogP contribution in [0.3, 0.4) is 0 Å². The summed E-state index contributed by atoms with van der Waals surface area (Å²) in [6, 6.07) is 25.0. The fourth-order valence-corrected chi connectivity index (χ4v) is 7.95. The Hall–Kier alpha value is -3.01. The Morgan fingerprint density at radius 3 is 1.52 bits per heavy atom. The maximum absolute atomic E-state index is 14.9. The van der Waals surface area contributed by atoms with E-state index < -0.39 is 38.3 Å². The molecule has 0 fully saturated rings. The fourth-order valence-electron chi connectivity index (χ4n) is 2.89. The Morgan fingerprint density at radius 1 is 0.818 bits per heavy atom. The predicted molar refractivity (Wildman–Crippen MR) is 122 cm³/mol. The molecule has 9 heteroatoms. The highest BCUT2D eigenvalue weighted by Gasteiger charge is 2.52. The molecule has 0 heterocycles. The molecule has 0 aliphatic carbocycles. The van der Waals surface area contributed by atoms with Crippen molar-refractivity contribution >= 4 is 26.4 Å². The van der Waals surface area contributed by atoms with Gasteiger partial charge < -0.3 is 4.74 Å². The molecule has 0 saturated heterocycles. The number of esters is 1. The Kier molecular flexibility index (Phi) is 7.36. The van der Waals surface area contributed by atoms with Crippen LogP contribution >= 0.6 is 10.3 Å². The van der Waals surface area contributed by atoms with E-state index in [4.69, 9.17) is 3.63 Å². The summed E-state index contributed by atoms with van der Waals surface area (Å²) in [7, 11) is -8.74. The van der Waals surface area contributed by atoms with Gasteiger partial charge in [-0.15, -0.1) is 0 Å². The molecule has 0 atom stereocenters. The maximum atomic E-state index is 14.9. The molecular weight excluding hydrogens is 470 g/mol. The first-order chi connectivity index (χ1) is 15.6. The van der Waals surface area contributed by atoms with Crippen molar-refractivity contribution in [2.24, 2.45) is 0 Å². The van der Waals surface area contributed by atoms with Crippen molar-refractivity contribution in [1.82, 2.24) is 0 Å². The van der Waals surface area contributed by atoms with Crippen LogP contribution in [-0.4, -0.2) is 26.2 Å². The van der Waals surface area contributed by atoms with Crippen LogP contribution in [-0.2, 0) is 23.3 Å². The van der Waals surface area contributed by atoms with Gasteiger partial charge in [0.2, 0.25) is 0 Å². The van der Waals surface area contributed by atoms with E-state index in [1.54, 1.807) is 91.0 Å². The summed E-state index contributed by atoms with van der Waals surface area (Å²) in [5.74, 6) is -1.13. The minimum absolute atomic E-state index is 0.137. The molecule has 0 N–H and O–H groups in total. The van der Waals surface area contributed by atoms with Crippen molar-refractivity contribution < 1.29 is 30.4 Å². The second kappa shape index (κ2) is 9.86. The summed E-state index contributed by atoms with van der Waals surface area (Å²) >= 11 is 0. The number of rotatable bonds is 9. The molecule has 0 radical (unpaired) electrons. The lowest BCUT2D eigenvalue weighted by Crippen LogP contribution is -2.37. The SMILES string of the molecule is C=C(C)C(=O)OCC(F)(F)S(=O)(=O)OS(c1ccccc1)(c1ccccc1)c1ccccc1. The third kappa shape index (κ3) is 5.16. The Balaban J connectivity index is 2.18. The largest absolute Gasteiger partial charge is 0.455 e. The third-order valence-corrected chi connectivity index (χ3v) is 9.69. The normalized spacial score (nSPS) is 12.7. The molecule has 3 aromatic rings. The summed E-state index contributed by atoms with van der Waals surface area (Å²) in [4.78, 5) is 12.8. The quantitative estimate of drug-likeness (QED) is 0.273. The van der Waals surface area contributed by atoms with Crippen molar-refractivity contribution in [3.8, 4) is 0 Å². The molecule has 0 aliphatic heterocycles. The van der Waals surface area contributed by atoms with E-state index in [0.717, 1.165) is 0 Å². The van der Waals surface area contributed by atoms with E-state index in [-0.39, 0.29) is 5.57 Å². The number of carbonyl (C=O) groups excluding carboxylic acids is 1. The minimum atomic E-state index is -5.59. The number of halogens is 2. The molecular formula is C24H22F2O5S2. The van der Waals surface area contributed by atoms with Gasteiger partial charge in [-0.2, -0.15) is 17.2 Å². The van der Waals surface area contributed by atoms with E-state index in [1.165, 1.54) is 6.92 Å². The van der Waals surface area contributed by atoms with Gasteiger partial charge in [0.1, 0.15) is 0 Å². The van der Waals surface area contributed by atoms with Gasteiger partial charge in [-0.1, -0.05) is 61.2 Å². The highest BCUT2D eigenvalue weighted by molar-refractivity contribution is 8.33. The van der Waals surface area contributed by atoms with Crippen LogP contribution in [0.2, 0.25) is 0 Å². The Bertz CT molecular complexity index is 1120. The second-order valence-corrected chi connectivity index (χ2v) is 11.6. The molecule has 0 spiro atoms. The molecule has 3 rings (SSSR count). The average molecular weight is 493 g/mol. The van der Waals surface area contributed by atoms with Crippen LogP contribution in [0, 0.1) is 0 Å². The van der Waals surface area contributed by atoms with Crippen molar-refractivity contribution in [3.05, 3.63) is 103 Å². The second-order valence-electron chi connectivity index (χ2n) is 7.01. The standard InChI is InChI=1S/C24H22F2O5S2/c1-19(2)23(27)30-18-24(25,26)33(28,29)31-32(20-12-6-3-7-13-20,21-14-8-4-9-15-21)22-16-10-5-11-17-22/h3-17H,1,18H2,2H3. The summed E-state index contributed by atoms with van der Waals surface area (Å²) < 4.78 is 65.8. The summed E-state index contributed by atoms with van der Waals surface area (Å²) in [6.45, 7) is 2.87. The van der Waals surface area contributed by atoms with Gasteiger partial charge in [0, 0.05) is 20.3 Å². The molecule has 33 heavy (non-hydrogen) atoms. The maximum Gasteiger partial charge on any atom is 0.403 e. The monoisotopic (exact) mass is 492 g/mol. The predicted octanol–water partition coefficient (Wildman–Crippen LogP) is 5.94. The van der Waals surface area contributed by atoms with Gasteiger partial charge >= 0.3 is 21.3 Å². The lowest BCUT2D eigenvalue weighted by Gasteiger charge is -2.40. The number of carbonyl (C=O) groups is 1. The lowest BCUT2D eigenvalue weighted by atomic mass is 10.4. The minimum Gasteiger partial charge on any atom is -0.455 e. The third-order valence-electron chi connectivity index (χ3n) is 4.50. The van der Waals surface area contributed by atoms with Gasteiger partial charge in [-0.25, -0.2) is 8.42 Å². The van der Waals surface area contributed by atoms with Crippen LogP contribution in [0.25, 0.3) is 0 Å². The number of alkyl halides is 2. The number of benzene rings is 3. The van der Waals surface area contributed by atoms with Crippen LogP contribution < -0.4 is 0 Å². The molecule has 3 aromatic carbocycles. The summed E-state index contributed by atoms with van der Waals surface area (Å²) in [5.41, 5.74) is -0.137. The van der Waals surface area contributed by atoms with Crippen molar-refractivity contribution in [2.45, 2.75) is 26.9 Å². The molecule has 0 unspecified atom stereocenters. The highest BCUT2D eigenvalue weighted by atomic mass is 32.3. The molecule has 0 saturated carbocycles. The van der Waals surface area contributed by atoms with Gasteiger partial charge in [-0.3, -0.25) is 0 Å². The smallest absolute Gasteiger partial charge is 0.403 e. The number of hydrogen-bond acceptors (Lipinski definition) is 5. The van der Waals surface area contributed by atoms with Gasteiger partial charge in [0.25, 0.3) is 0 Å². The number of ether oxygens (including phenoxy) is 1. The van der Waals surface area contributed by atoms with E-state index in [2.05, 4.69) is 11.3 Å². The van der Waals surface area contributed by atoms with Crippen LogP contribution in [0.4, 0.5) is 8.78 Å². The van der Waals surface area contributed by atoms with Gasteiger partial charge in [0.15, 0.2) is 6.61 Å². The van der Waals surface area contributed by atoms with E-state index >= 15 is 0 Å². The topological polar surface area (TPSA) is 69.7 Å². The molecule has 0 aliphatic rings. The zero-order valence-electron chi connectivity index (χ0n) is 17.7. The van der Waals surface area contributed by atoms with Crippen molar-refractivity contribution in [2.75, 3.05) is 6.61 Å². The molecule has 0 bridgehead atoms. The highest BCUT2D eigenvalue weighted by Crippen LogP contribution is 2.70. The summed E-state index contributed by atoms with van der Waals surface area (Å²) in [6.07, 6.45) is 0. The molecule has 0 amide bonds. The van der Waals surface area contributed by atoms with E-state index in [1.807, 2.05) is 0 Å². The summed E-state index contributed by atoms with van der Waals surface area (Å²) in [5, 5.41) is -4.51. The fraction of sp³-hybridized carbons (Fsp3) is 0.125. The zero-order chi connectivity index (χ0) is 24.1. The van der Waals surface area contributed by atoms with Crippen LogP contribution in [0.1, 0.15) is 6.92 Å². The van der Waals surface area contributed by atoms with Crippen molar-refractivity contribution in [1.29, 1.82) is 0 Å². The molecule has 5 nitrogen and oxygen atoms in total. The Morgan fingerprint density at radius 2 is 1.18 bits per heavy atom. The Labute approximate surface area is 193 Å². The van der Waals surface area contributed by atoms with Crippen molar-refractivity contribution in [3.63, 3.8) is 0 Å². The van der Waals surface area contributed by atoms with Crippen LogP contribution in [0.5, 0.6) is 0 Å². The van der Waals surface area contributed by atoms with E-state index in [0.29, 0.717) is 14.7 Å². The molecule has 0 aromatic heterocycles. The van der Waals surface area contributed by atoms with Gasteiger partial charge in [-0.05, 0) is 53.6 Å². The first-order valence-electron chi connectivity index (χ1n) is 9.75. The van der Waals surface area contributed by atoms with Gasteiger partial charge in [0.05, 0.1) is 0 Å².